The van der Waals surface area contributed by atoms with Crippen molar-refractivity contribution in [1.29, 1.82) is 0 Å². The Morgan fingerprint density at radius 3 is 2.67 bits per heavy atom. The highest BCUT2D eigenvalue weighted by Gasteiger charge is 2.08. The zero-order valence-electron chi connectivity index (χ0n) is 9.90. The van der Waals surface area contributed by atoms with Crippen molar-refractivity contribution >= 4 is 5.69 Å². The van der Waals surface area contributed by atoms with Crippen LogP contribution in [0.5, 0.6) is 0 Å². The first-order valence-corrected chi connectivity index (χ1v) is 5.56. The summed E-state index contributed by atoms with van der Waals surface area (Å²) in [6.45, 7) is 5.40. The maximum Gasteiger partial charge on any atom is 0.0476 e. The van der Waals surface area contributed by atoms with Crippen molar-refractivity contribution in [3.63, 3.8) is 0 Å². The lowest BCUT2D eigenvalue weighted by Crippen LogP contribution is -2.27. The summed E-state index contributed by atoms with van der Waals surface area (Å²) in [5, 5.41) is 9.15. The zero-order chi connectivity index (χ0) is 11.3. The summed E-state index contributed by atoms with van der Waals surface area (Å²) in [5.74, 6) is 0.371. The number of aliphatic hydroxyl groups excluding tert-OH is 1. The molecule has 1 rings (SSSR count). The smallest absolute Gasteiger partial charge is 0.0476 e. The molecule has 1 aromatic carbocycles. The van der Waals surface area contributed by atoms with E-state index in [9.17, 15) is 0 Å². The molecular weight excluding hydrogens is 186 g/mol. The lowest BCUT2D eigenvalue weighted by atomic mass is 10.1. The number of hydrogen-bond donors (Lipinski definition) is 1. The van der Waals surface area contributed by atoms with E-state index in [1.165, 1.54) is 11.3 Å². The van der Waals surface area contributed by atoms with Crippen LogP contribution in [-0.2, 0) is 0 Å². The second kappa shape index (κ2) is 5.76. The Morgan fingerprint density at radius 2 is 2.13 bits per heavy atom. The van der Waals surface area contributed by atoms with Crippen LogP contribution in [0.3, 0.4) is 0 Å². The number of anilines is 1. The highest BCUT2D eigenvalue weighted by atomic mass is 16.3. The molecule has 1 atom stereocenters. The van der Waals surface area contributed by atoms with E-state index in [1.807, 2.05) is 0 Å². The van der Waals surface area contributed by atoms with Crippen LogP contribution in [0.4, 0.5) is 5.69 Å². The third-order valence-corrected chi connectivity index (χ3v) is 2.81. The van der Waals surface area contributed by atoms with Crippen LogP contribution < -0.4 is 4.90 Å². The first-order chi connectivity index (χ1) is 7.17. The van der Waals surface area contributed by atoms with Crippen molar-refractivity contribution in [2.24, 2.45) is 5.92 Å². The van der Waals surface area contributed by atoms with E-state index >= 15 is 0 Å². The lowest BCUT2D eigenvalue weighted by molar-refractivity contribution is 0.225. The molecular formula is C13H21NO. The maximum absolute atomic E-state index is 9.15. The monoisotopic (exact) mass is 207 g/mol. The number of aliphatic hydroxyl groups is 1. The molecule has 1 aromatic rings. The van der Waals surface area contributed by atoms with Crippen molar-refractivity contribution in [2.75, 3.05) is 25.1 Å². The Hall–Kier alpha value is -1.02. The summed E-state index contributed by atoms with van der Waals surface area (Å²) in [5.41, 5.74) is 2.50. The van der Waals surface area contributed by atoms with E-state index in [-0.39, 0.29) is 6.61 Å². The minimum Gasteiger partial charge on any atom is -0.396 e. The fourth-order valence-electron chi connectivity index (χ4n) is 1.67. The Labute approximate surface area is 92.5 Å². The van der Waals surface area contributed by atoms with Gasteiger partial charge < -0.3 is 10.0 Å². The quantitative estimate of drug-likeness (QED) is 0.801. The van der Waals surface area contributed by atoms with Crippen LogP contribution >= 0.6 is 0 Å². The van der Waals surface area contributed by atoms with E-state index in [0.717, 1.165) is 13.0 Å². The molecule has 0 saturated carbocycles. The summed E-state index contributed by atoms with van der Waals surface area (Å²) in [4.78, 5) is 2.21. The normalized spacial score (nSPS) is 12.5. The lowest BCUT2D eigenvalue weighted by Gasteiger charge is -2.24. The van der Waals surface area contributed by atoms with Gasteiger partial charge in [0, 0.05) is 25.9 Å². The predicted molar refractivity (Wildman–Crippen MR) is 65.3 cm³/mol. The largest absolute Gasteiger partial charge is 0.396 e. The van der Waals surface area contributed by atoms with E-state index < -0.39 is 0 Å². The minimum absolute atomic E-state index is 0.270. The van der Waals surface area contributed by atoms with Gasteiger partial charge in [-0.2, -0.15) is 0 Å². The summed E-state index contributed by atoms with van der Waals surface area (Å²) in [6, 6.07) is 8.45. The molecule has 0 aliphatic rings. The molecule has 0 aliphatic heterocycles. The minimum atomic E-state index is 0.270. The molecule has 0 amide bonds. The molecule has 0 radical (unpaired) electrons. The van der Waals surface area contributed by atoms with Crippen molar-refractivity contribution in [1.82, 2.24) is 0 Å². The van der Waals surface area contributed by atoms with Crippen molar-refractivity contribution in [3.05, 3.63) is 29.8 Å². The fourth-order valence-corrected chi connectivity index (χ4v) is 1.67. The van der Waals surface area contributed by atoms with Gasteiger partial charge in [-0.1, -0.05) is 19.1 Å². The maximum atomic E-state index is 9.15. The van der Waals surface area contributed by atoms with Crippen LogP contribution in [0.15, 0.2) is 24.3 Å². The van der Waals surface area contributed by atoms with Gasteiger partial charge in [0.1, 0.15) is 0 Å². The van der Waals surface area contributed by atoms with Gasteiger partial charge >= 0.3 is 0 Å². The van der Waals surface area contributed by atoms with Crippen LogP contribution in [0.25, 0.3) is 0 Å². The number of hydrogen-bond acceptors (Lipinski definition) is 2. The van der Waals surface area contributed by atoms with Gasteiger partial charge in [-0.15, -0.1) is 0 Å². The van der Waals surface area contributed by atoms with Gasteiger partial charge in [-0.25, -0.2) is 0 Å². The summed E-state index contributed by atoms with van der Waals surface area (Å²) < 4.78 is 0. The molecule has 1 N–H and O–H groups in total. The van der Waals surface area contributed by atoms with Crippen LogP contribution in [-0.4, -0.2) is 25.3 Å². The molecule has 2 nitrogen and oxygen atoms in total. The van der Waals surface area contributed by atoms with Crippen molar-refractivity contribution in [3.8, 4) is 0 Å². The van der Waals surface area contributed by atoms with Gasteiger partial charge in [0.15, 0.2) is 0 Å². The molecule has 15 heavy (non-hydrogen) atoms. The molecule has 0 spiro atoms. The first kappa shape index (κ1) is 12.1. The molecule has 0 aromatic heterocycles. The number of rotatable bonds is 5. The molecule has 1 unspecified atom stereocenters. The number of aryl methyl sites for hydroxylation is 1. The predicted octanol–water partition coefficient (Wildman–Crippen LogP) is 2.45. The average Bonchev–Trinajstić information content (AvgIpc) is 2.25. The Kier molecular flexibility index (Phi) is 4.63. The van der Waals surface area contributed by atoms with Crippen LogP contribution in [0.2, 0.25) is 0 Å². The second-order valence-electron chi connectivity index (χ2n) is 4.18. The second-order valence-corrected chi connectivity index (χ2v) is 4.18. The van der Waals surface area contributed by atoms with Crippen molar-refractivity contribution in [2.45, 2.75) is 20.3 Å². The van der Waals surface area contributed by atoms with E-state index in [4.69, 9.17) is 5.11 Å². The van der Waals surface area contributed by atoms with Gasteiger partial charge in [-0.05, 0) is 37.0 Å². The van der Waals surface area contributed by atoms with Gasteiger partial charge in [0.25, 0.3) is 0 Å². The highest BCUT2D eigenvalue weighted by molar-refractivity contribution is 5.47. The van der Waals surface area contributed by atoms with E-state index in [0.29, 0.717) is 5.92 Å². The summed E-state index contributed by atoms with van der Waals surface area (Å²) in [6.07, 6.45) is 1.02. The Bertz CT molecular complexity index is 294. The van der Waals surface area contributed by atoms with E-state index in [1.54, 1.807) is 0 Å². The topological polar surface area (TPSA) is 23.5 Å². The molecule has 84 valence electrons. The molecule has 0 fully saturated rings. The van der Waals surface area contributed by atoms with Gasteiger partial charge in [0.2, 0.25) is 0 Å². The molecule has 2 heteroatoms. The molecule has 0 aliphatic carbocycles. The average molecular weight is 207 g/mol. The third-order valence-electron chi connectivity index (χ3n) is 2.81. The van der Waals surface area contributed by atoms with E-state index in [2.05, 4.69) is 50.1 Å². The Balaban J connectivity index is 2.64. The third kappa shape index (κ3) is 3.56. The summed E-state index contributed by atoms with van der Waals surface area (Å²) in [7, 11) is 2.08. The van der Waals surface area contributed by atoms with Crippen molar-refractivity contribution < 1.29 is 5.11 Å². The first-order valence-electron chi connectivity index (χ1n) is 5.56. The molecule has 0 saturated heterocycles. The van der Waals surface area contributed by atoms with Crippen LogP contribution in [0, 0.1) is 12.8 Å². The van der Waals surface area contributed by atoms with Gasteiger partial charge in [0.05, 0.1) is 0 Å². The molecule has 0 bridgehead atoms. The van der Waals surface area contributed by atoms with Gasteiger partial charge in [-0.3, -0.25) is 0 Å². The fraction of sp³-hybridized carbons (Fsp3) is 0.538. The number of nitrogens with zero attached hydrogens (tertiary/aromatic N) is 1. The summed E-state index contributed by atoms with van der Waals surface area (Å²) >= 11 is 0. The number of benzene rings is 1. The zero-order valence-corrected chi connectivity index (χ0v) is 9.90. The highest BCUT2D eigenvalue weighted by Crippen LogP contribution is 2.16. The SMILES string of the molecule is CCC(CO)CN(C)c1cccc(C)c1. The van der Waals surface area contributed by atoms with Crippen LogP contribution in [0.1, 0.15) is 18.9 Å². The standard InChI is InChI=1S/C13H21NO/c1-4-12(10-15)9-14(3)13-7-5-6-11(2)8-13/h5-8,12,15H,4,9-10H2,1-3H3. The molecule has 0 heterocycles. The Morgan fingerprint density at radius 1 is 1.40 bits per heavy atom.